The third-order valence-electron chi connectivity index (χ3n) is 5.19. The molecule has 1 aliphatic heterocycles. The average Bonchev–Trinajstić information content (AvgIpc) is 3.41. The third kappa shape index (κ3) is 4.52. The number of hydrogen-bond donors (Lipinski definition) is 0. The van der Waals surface area contributed by atoms with E-state index in [9.17, 15) is 13.2 Å². The number of benzene rings is 2. The van der Waals surface area contributed by atoms with Crippen LogP contribution < -0.4 is 14.3 Å². The van der Waals surface area contributed by atoms with Crippen LogP contribution in [0.5, 0.6) is 11.5 Å². The van der Waals surface area contributed by atoms with Gasteiger partial charge in [0.15, 0.2) is 16.3 Å². The van der Waals surface area contributed by atoms with Gasteiger partial charge in [-0.05, 0) is 24.3 Å². The highest BCUT2D eigenvalue weighted by molar-refractivity contribution is 7.89. The van der Waals surface area contributed by atoms with Crippen LogP contribution in [0.2, 0.25) is 0 Å². The Labute approximate surface area is 199 Å². The zero-order valence-corrected chi connectivity index (χ0v) is 19.7. The van der Waals surface area contributed by atoms with Crippen molar-refractivity contribution in [3.63, 3.8) is 0 Å². The molecule has 0 bridgehead atoms. The Balaban J connectivity index is 1.60. The van der Waals surface area contributed by atoms with Gasteiger partial charge in [-0.1, -0.05) is 11.3 Å². The fourth-order valence-corrected chi connectivity index (χ4v) is 5.86. The van der Waals surface area contributed by atoms with Crippen molar-refractivity contribution in [3.05, 3.63) is 46.8 Å². The summed E-state index contributed by atoms with van der Waals surface area (Å²) in [6, 6.07) is 13.0. The molecule has 0 saturated carbocycles. The van der Waals surface area contributed by atoms with Crippen LogP contribution in [0.3, 0.4) is 0 Å². The van der Waals surface area contributed by atoms with Crippen LogP contribution in [-0.4, -0.2) is 43.1 Å². The Hall–Kier alpha value is -3.71. The monoisotopic (exact) mass is 497 g/mol. The summed E-state index contributed by atoms with van der Waals surface area (Å²) in [5.41, 5.74) is 1.07. The molecule has 0 saturated heterocycles. The first-order valence-corrected chi connectivity index (χ1v) is 12.4. The zero-order valence-electron chi connectivity index (χ0n) is 18.1. The van der Waals surface area contributed by atoms with Gasteiger partial charge in [0.1, 0.15) is 0 Å². The molecule has 0 atom stereocenters. The molecule has 0 spiro atoms. The molecule has 10 nitrogen and oxygen atoms in total. The Morgan fingerprint density at radius 3 is 2.35 bits per heavy atom. The van der Waals surface area contributed by atoms with Gasteiger partial charge in [-0.15, -0.1) is 0 Å². The summed E-state index contributed by atoms with van der Waals surface area (Å²) in [6.45, 7) is 0.142. The van der Waals surface area contributed by atoms with Crippen LogP contribution in [0.15, 0.2) is 46.3 Å². The molecular formula is C22H19N5O5S2. The molecule has 1 aliphatic rings. The first-order valence-electron chi connectivity index (χ1n) is 10.2. The predicted molar refractivity (Wildman–Crippen MR) is 122 cm³/mol. The van der Waals surface area contributed by atoms with E-state index in [0.717, 1.165) is 14.5 Å². The van der Waals surface area contributed by atoms with E-state index in [2.05, 4.69) is 4.99 Å². The number of nitrogens with zero attached hydrogens (tertiary/aromatic N) is 5. The largest absolute Gasteiger partial charge is 0.454 e. The summed E-state index contributed by atoms with van der Waals surface area (Å²) < 4.78 is 40.4. The summed E-state index contributed by atoms with van der Waals surface area (Å²) in [4.78, 5) is 17.4. The van der Waals surface area contributed by atoms with Gasteiger partial charge in [0.05, 0.1) is 27.3 Å². The first-order chi connectivity index (χ1) is 16.3. The summed E-state index contributed by atoms with van der Waals surface area (Å²) in [7, 11) is -2.12. The third-order valence-corrected chi connectivity index (χ3v) is 8.19. The van der Waals surface area contributed by atoms with Crippen LogP contribution in [-0.2, 0) is 17.1 Å². The van der Waals surface area contributed by atoms with E-state index < -0.39 is 15.9 Å². The van der Waals surface area contributed by atoms with Crippen molar-refractivity contribution < 1.29 is 22.7 Å². The summed E-state index contributed by atoms with van der Waals surface area (Å²) in [5, 5.41) is 17.6. The summed E-state index contributed by atoms with van der Waals surface area (Å²) in [5.74, 6) is 0.758. The average molecular weight is 498 g/mol. The molecule has 0 radical (unpaired) electrons. The number of thiazole rings is 1. The van der Waals surface area contributed by atoms with E-state index in [-0.39, 0.29) is 43.2 Å². The van der Waals surface area contributed by atoms with Crippen LogP contribution in [0.4, 0.5) is 0 Å². The topological polar surface area (TPSA) is 138 Å². The lowest BCUT2D eigenvalue weighted by atomic mass is 10.2. The van der Waals surface area contributed by atoms with Crippen molar-refractivity contribution in [2.75, 3.05) is 19.9 Å². The molecule has 0 N–H and O–H groups in total. The fourth-order valence-electron chi connectivity index (χ4n) is 3.40. The van der Waals surface area contributed by atoms with Gasteiger partial charge in [-0.2, -0.15) is 19.8 Å². The van der Waals surface area contributed by atoms with Crippen LogP contribution in [0.25, 0.3) is 10.2 Å². The molecule has 0 aliphatic carbocycles. The number of aromatic nitrogens is 1. The second kappa shape index (κ2) is 9.65. The molecule has 3 aromatic rings. The number of nitriles is 2. The maximum absolute atomic E-state index is 12.9. The standard InChI is InChI=1S/C22H19N5O5S2/c1-26-17-12-18-19(32-14-31-18)13-20(17)33-22(26)25-21(28)15-4-6-16(7-5-15)34(29,30)27(10-2-8-23)11-3-9-24/h4-7,12-13H,2-3,10-11,14H2,1H3. The van der Waals surface area contributed by atoms with E-state index in [4.69, 9.17) is 20.0 Å². The van der Waals surface area contributed by atoms with Gasteiger partial charge >= 0.3 is 0 Å². The number of fused-ring (bicyclic) bond motifs is 2. The first kappa shape index (κ1) is 23.4. The highest BCUT2D eigenvalue weighted by Crippen LogP contribution is 2.36. The molecule has 2 heterocycles. The van der Waals surface area contributed by atoms with Gasteiger partial charge in [-0.3, -0.25) is 4.79 Å². The second-order valence-electron chi connectivity index (χ2n) is 7.28. The van der Waals surface area contributed by atoms with Crippen LogP contribution in [0.1, 0.15) is 23.2 Å². The van der Waals surface area contributed by atoms with Gasteiger partial charge in [0.25, 0.3) is 5.91 Å². The highest BCUT2D eigenvalue weighted by atomic mass is 32.2. The summed E-state index contributed by atoms with van der Waals surface area (Å²) in [6.07, 6.45) is 0.0149. The van der Waals surface area contributed by atoms with Crippen molar-refractivity contribution in [3.8, 4) is 23.6 Å². The Bertz CT molecular complexity index is 1490. The van der Waals surface area contributed by atoms with E-state index in [0.29, 0.717) is 16.3 Å². The predicted octanol–water partition coefficient (Wildman–Crippen LogP) is 2.53. The molecule has 4 rings (SSSR count). The number of aryl methyl sites for hydroxylation is 1. The molecule has 1 amide bonds. The lowest BCUT2D eigenvalue weighted by molar-refractivity contribution is 0.0998. The number of amides is 1. The molecule has 1 aromatic heterocycles. The zero-order chi connectivity index (χ0) is 24.3. The maximum Gasteiger partial charge on any atom is 0.279 e. The van der Waals surface area contributed by atoms with E-state index in [1.807, 2.05) is 24.3 Å². The van der Waals surface area contributed by atoms with Crippen molar-refractivity contribution in [1.82, 2.24) is 8.87 Å². The Kier molecular flexibility index (Phi) is 6.65. The van der Waals surface area contributed by atoms with E-state index in [1.54, 1.807) is 11.6 Å². The minimum Gasteiger partial charge on any atom is -0.454 e. The molecule has 174 valence electrons. The van der Waals surface area contributed by atoms with E-state index in [1.165, 1.54) is 35.6 Å². The molecule has 12 heteroatoms. The van der Waals surface area contributed by atoms with Gasteiger partial charge in [-0.25, -0.2) is 8.42 Å². The van der Waals surface area contributed by atoms with Gasteiger partial charge in [0.2, 0.25) is 16.8 Å². The van der Waals surface area contributed by atoms with Crippen molar-refractivity contribution in [2.45, 2.75) is 17.7 Å². The lowest BCUT2D eigenvalue weighted by Gasteiger charge is -2.20. The molecule has 2 aromatic carbocycles. The van der Waals surface area contributed by atoms with Crippen LogP contribution >= 0.6 is 11.3 Å². The van der Waals surface area contributed by atoms with Crippen LogP contribution in [0, 0.1) is 22.7 Å². The maximum atomic E-state index is 12.9. The molecule has 34 heavy (non-hydrogen) atoms. The number of rotatable bonds is 7. The molecular weight excluding hydrogens is 478 g/mol. The molecule has 0 fully saturated rings. The lowest BCUT2D eigenvalue weighted by Crippen LogP contribution is -2.32. The smallest absolute Gasteiger partial charge is 0.279 e. The van der Waals surface area contributed by atoms with E-state index >= 15 is 0 Å². The second-order valence-corrected chi connectivity index (χ2v) is 10.2. The number of hydrogen-bond acceptors (Lipinski definition) is 8. The SMILES string of the molecule is Cn1c(=NC(=O)c2ccc(S(=O)(=O)N(CCC#N)CCC#N)cc2)sc2cc3c(cc21)OCO3. The fraction of sp³-hybridized carbons (Fsp3) is 0.273. The number of carbonyl (C=O) groups is 1. The highest BCUT2D eigenvalue weighted by Gasteiger charge is 2.24. The Morgan fingerprint density at radius 1 is 1.12 bits per heavy atom. The minimum atomic E-state index is -3.91. The van der Waals surface area contributed by atoms with Crippen molar-refractivity contribution in [1.29, 1.82) is 10.5 Å². The summed E-state index contributed by atoms with van der Waals surface area (Å²) >= 11 is 1.32. The number of sulfonamides is 1. The number of carbonyl (C=O) groups excluding carboxylic acids is 1. The van der Waals surface area contributed by atoms with Crippen molar-refractivity contribution in [2.24, 2.45) is 12.0 Å². The minimum absolute atomic E-state index is 0.00747. The molecule has 0 unspecified atom stereocenters. The van der Waals surface area contributed by atoms with Crippen molar-refractivity contribution >= 4 is 37.5 Å². The normalized spacial score (nSPS) is 13.2. The quantitative estimate of drug-likeness (QED) is 0.489. The number of ether oxygens (including phenoxy) is 2. The van der Waals surface area contributed by atoms with Gasteiger partial charge in [0, 0.05) is 50.7 Å². The van der Waals surface area contributed by atoms with Gasteiger partial charge < -0.3 is 14.0 Å². The Morgan fingerprint density at radius 2 is 1.74 bits per heavy atom.